The number of likely N-dealkylation sites (tertiary alicyclic amines) is 1. The average Bonchev–Trinajstić information content (AvgIpc) is 3.11. The summed E-state index contributed by atoms with van der Waals surface area (Å²) in [5.41, 5.74) is -1.28. The van der Waals surface area contributed by atoms with E-state index in [1.807, 2.05) is 20.8 Å². The number of epoxide rings is 1. The van der Waals surface area contributed by atoms with Crippen LogP contribution in [0.1, 0.15) is 40.0 Å². The van der Waals surface area contributed by atoms with Gasteiger partial charge in [-0.1, -0.05) is 0 Å². The average molecular weight is 285 g/mol. The minimum Gasteiger partial charge on any atom is -0.481 e. The van der Waals surface area contributed by atoms with Gasteiger partial charge in [0.05, 0.1) is 18.1 Å². The molecule has 114 valence electrons. The van der Waals surface area contributed by atoms with E-state index in [0.29, 0.717) is 39.0 Å². The summed E-state index contributed by atoms with van der Waals surface area (Å²) in [7, 11) is 0. The quantitative estimate of drug-likeness (QED) is 0.801. The minimum absolute atomic E-state index is 0.0826. The third-order valence-electron chi connectivity index (χ3n) is 3.85. The fourth-order valence-corrected chi connectivity index (χ4v) is 2.57. The number of nitrogens with zero attached hydrogens (tertiary/aromatic N) is 1. The Morgan fingerprint density at radius 3 is 2.30 bits per heavy atom. The molecule has 6 heteroatoms. The van der Waals surface area contributed by atoms with Crippen molar-refractivity contribution < 1.29 is 24.2 Å². The van der Waals surface area contributed by atoms with Gasteiger partial charge in [-0.05, 0) is 40.0 Å². The Morgan fingerprint density at radius 2 is 1.90 bits per heavy atom. The maximum absolute atomic E-state index is 12.0. The molecular weight excluding hydrogens is 262 g/mol. The van der Waals surface area contributed by atoms with Crippen LogP contribution in [0, 0.1) is 5.41 Å². The fourth-order valence-electron chi connectivity index (χ4n) is 2.57. The van der Waals surface area contributed by atoms with Crippen molar-refractivity contribution in [3.8, 4) is 0 Å². The van der Waals surface area contributed by atoms with Gasteiger partial charge in [-0.15, -0.1) is 0 Å². The predicted octanol–water partition coefficient (Wildman–Crippen LogP) is 1.88. The summed E-state index contributed by atoms with van der Waals surface area (Å²) in [5.74, 6) is -0.781. The Hall–Kier alpha value is -1.30. The first-order valence-electron chi connectivity index (χ1n) is 7.05. The lowest BCUT2D eigenvalue weighted by atomic mass is 9.75. The summed E-state index contributed by atoms with van der Waals surface area (Å²) in [5, 5.41) is 9.49. The number of carboxylic acid groups (broad SMARTS) is 1. The zero-order chi connectivity index (χ0) is 15.0. The molecule has 0 saturated carbocycles. The van der Waals surface area contributed by atoms with E-state index in [0.717, 1.165) is 0 Å². The molecule has 2 aliphatic rings. The Kier molecular flexibility index (Phi) is 3.95. The van der Waals surface area contributed by atoms with Crippen LogP contribution >= 0.6 is 0 Å². The Labute approximate surface area is 119 Å². The van der Waals surface area contributed by atoms with Crippen molar-refractivity contribution >= 4 is 12.1 Å². The van der Waals surface area contributed by atoms with E-state index in [-0.39, 0.29) is 12.2 Å². The van der Waals surface area contributed by atoms with E-state index in [9.17, 15) is 14.7 Å². The van der Waals surface area contributed by atoms with Gasteiger partial charge in [0.2, 0.25) is 0 Å². The van der Waals surface area contributed by atoms with E-state index < -0.39 is 17.0 Å². The summed E-state index contributed by atoms with van der Waals surface area (Å²) in [6.07, 6.45) is 1.19. The standard InChI is InChI=1S/C14H23NO5/c1-13(2,3)20-12(18)15-6-4-14(5-7-15,11(16)17)8-10-9-19-10/h10H,4-9H2,1-3H3,(H,16,17). The number of piperidine rings is 1. The summed E-state index contributed by atoms with van der Waals surface area (Å²) >= 11 is 0. The van der Waals surface area contributed by atoms with Crippen molar-refractivity contribution in [2.24, 2.45) is 5.41 Å². The second-order valence-electron chi connectivity index (χ2n) is 6.71. The number of rotatable bonds is 3. The number of hydrogen-bond donors (Lipinski definition) is 1. The zero-order valence-corrected chi connectivity index (χ0v) is 12.3. The summed E-state index contributed by atoms with van der Waals surface area (Å²) in [6.45, 7) is 6.97. The van der Waals surface area contributed by atoms with Gasteiger partial charge in [-0.3, -0.25) is 4.79 Å². The van der Waals surface area contributed by atoms with Crippen molar-refractivity contribution in [2.75, 3.05) is 19.7 Å². The third-order valence-corrected chi connectivity index (χ3v) is 3.85. The van der Waals surface area contributed by atoms with E-state index >= 15 is 0 Å². The first kappa shape index (κ1) is 15.1. The highest BCUT2D eigenvalue weighted by molar-refractivity contribution is 5.76. The van der Waals surface area contributed by atoms with Crippen LogP contribution in [-0.2, 0) is 14.3 Å². The fraction of sp³-hybridized carbons (Fsp3) is 0.857. The van der Waals surface area contributed by atoms with Crippen LogP contribution in [-0.4, -0.2) is 53.5 Å². The number of amides is 1. The molecule has 1 unspecified atom stereocenters. The molecule has 2 fully saturated rings. The molecule has 2 aliphatic heterocycles. The second-order valence-corrected chi connectivity index (χ2v) is 6.71. The molecule has 0 radical (unpaired) electrons. The van der Waals surface area contributed by atoms with Gasteiger partial charge in [0.25, 0.3) is 0 Å². The summed E-state index contributed by atoms with van der Waals surface area (Å²) in [6, 6.07) is 0. The van der Waals surface area contributed by atoms with Gasteiger partial charge in [-0.25, -0.2) is 4.79 Å². The molecule has 0 bridgehead atoms. The predicted molar refractivity (Wildman–Crippen MR) is 71.5 cm³/mol. The van der Waals surface area contributed by atoms with Gasteiger partial charge in [0.1, 0.15) is 5.60 Å². The number of carboxylic acids is 1. The highest BCUT2D eigenvalue weighted by Crippen LogP contribution is 2.39. The van der Waals surface area contributed by atoms with Crippen LogP contribution in [0.5, 0.6) is 0 Å². The first-order chi connectivity index (χ1) is 9.22. The van der Waals surface area contributed by atoms with Crippen molar-refractivity contribution in [2.45, 2.75) is 51.7 Å². The molecule has 2 saturated heterocycles. The summed E-state index contributed by atoms with van der Waals surface area (Å²) in [4.78, 5) is 25.1. The largest absolute Gasteiger partial charge is 0.481 e. The van der Waals surface area contributed by atoms with Crippen LogP contribution in [0.2, 0.25) is 0 Å². The lowest BCUT2D eigenvalue weighted by Gasteiger charge is -2.39. The highest BCUT2D eigenvalue weighted by Gasteiger charge is 2.46. The van der Waals surface area contributed by atoms with Crippen LogP contribution in [0.15, 0.2) is 0 Å². The molecule has 6 nitrogen and oxygen atoms in total. The normalized spacial score (nSPS) is 25.1. The van der Waals surface area contributed by atoms with Crippen LogP contribution < -0.4 is 0 Å². The summed E-state index contributed by atoms with van der Waals surface area (Å²) < 4.78 is 10.5. The number of aliphatic carboxylic acids is 1. The van der Waals surface area contributed by atoms with Crippen molar-refractivity contribution in [3.05, 3.63) is 0 Å². The van der Waals surface area contributed by atoms with Crippen LogP contribution in [0.4, 0.5) is 4.79 Å². The van der Waals surface area contributed by atoms with Gasteiger partial charge in [0.15, 0.2) is 0 Å². The highest BCUT2D eigenvalue weighted by atomic mass is 16.6. The molecule has 0 spiro atoms. The number of hydrogen-bond acceptors (Lipinski definition) is 4. The van der Waals surface area contributed by atoms with Gasteiger partial charge in [0, 0.05) is 13.1 Å². The lowest BCUT2D eigenvalue weighted by molar-refractivity contribution is -0.153. The van der Waals surface area contributed by atoms with Crippen molar-refractivity contribution in [1.29, 1.82) is 0 Å². The van der Waals surface area contributed by atoms with Gasteiger partial charge < -0.3 is 19.5 Å². The Bertz CT molecular complexity index is 389. The first-order valence-corrected chi connectivity index (χ1v) is 7.05. The van der Waals surface area contributed by atoms with Crippen LogP contribution in [0.3, 0.4) is 0 Å². The lowest BCUT2D eigenvalue weighted by Crippen LogP contribution is -2.48. The molecule has 2 heterocycles. The van der Waals surface area contributed by atoms with Crippen molar-refractivity contribution in [1.82, 2.24) is 4.90 Å². The van der Waals surface area contributed by atoms with Gasteiger partial charge in [-0.2, -0.15) is 0 Å². The monoisotopic (exact) mass is 285 g/mol. The number of carbonyl (C=O) groups is 2. The molecule has 0 aromatic rings. The minimum atomic E-state index is -0.781. The number of ether oxygens (including phenoxy) is 2. The van der Waals surface area contributed by atoms with E-state index in [2.05, 4.69) is 0 Å². The molecule has 1 atom stereocenters. The molecule has 20 heavy (non-hydrogen) atoms. The Balaban J connectivity index is 1.92. The molecule has 0 aromatic carbocycles. The molecule has 0 aromatic heterocycles. The smallest absolute Gasteiger partial charge is 0.410 e. The topological polar surface area (TPSA) is 79.4 Å². The van der Waals surface area contributed by atoms with E-state index in [1.54, 1.807) is 4.90 Å². The zero-order valence-electron chi connectivity index (χ0n) is 12.3. The maximum atomic E-state index is 12.0. The maximum Gasteiger partial charge on any atom is 0.410 e. The molecular formula is C14H23NO5. The SMILES string of the molecule is CC(C)(C)OC(=O)N1CCC(CC2CO2)(C(=O)O)CC1. The molecule has 0 aliphatic carbocycles. The third kappa shape index (κ3) is 3.62. The molecule has 1 amide bonds. The second kappa shape index (κ2) is 5.24. The Morgan fingerprint density at radius 1 is 1.35 bits per heavy atom. The van der Waals surface area contributed by atoms with Gasteiger partial charge >= 0.3 is 12.1 Å². The van der Waals surface area contributed by atoms with E-state index in [4.69, 9.17) is 9.47 Å². The van der Waals surface area contributed by atoms with E-state index in [1.165, 1.54) is 0 Å². The van der Waals surface area contributed by atoms with Crippen LogP contribution in [0.25, 0.3) is 0 Å². The molecule has 2 rings (SSSR count). The molecule has 1 N–H and O–H groups in total. The van der Waals surface area contributed by atoms with Crippen molar-refractivity contribution in [3.63, 3.8) is 0 Å². The number of carbonyl (C=O) groups excluding carboxylic acids is 1.